The molecule has 0 aromatic heterocycles. The Labute approximate surface area is 263 Å². The zero-order valence-electron chi connectivity index (χ0n) is 21.3. The molecule has 0 unspecified atom stereocenters. The summed E-state index contributed by atoms with van der Waals surface area (Å²) < 4.78 is 38.1. The molecule has 0 radical (unpaired) electrons. The first-order valence-electron chi connectivity index (χ1n) is 11.9. The van der Waals surface area contributed by atoms with Crippen LogP contribution in [-0.2, 0) is 31.2 Å². The molecule has 0 spiro atoms. The third kappa shape index (κ3) is 6.64. The normalized spacial score (nSPS) is 11.4. The Bertz CT molecular complexity index is 1520. The second-order valence-electron chi connectivity index (χ2n) is 8.88. The lowest BCUT2D eigenvalue weighted by atomic mass is 9.96. The third-order valence-corrected chi connectivity index (χ3v) is 10.5. The zero-order chi connectivity index (χ0) is 28.2. The number of sulfone groups is 1. The molecule has 0 saturated heterocycles. The molecule has 4 rings (SSSR count). The van der Waals surface area contributed by atoms with E-state index in [4.69, 9.17) is 9.47 Å². The highest BCUT2D eigenvalue weighted by molar-refractivity contribution is 9.09. The fraction of sp³-hybridized carbons (Fsp3) is 0.200. The second-order valence-corrected chi connectivity index (χ2v) is 13.1. The smallest absolute Gasteiger partial charge is 0.206 e. The van der Waals surface area contributed by atoms with Crippen molar-refractivity contribution in [2.45, 2.75) is 38.0 Å². The highest BCUT2D eigenvalue weighted by Gasteiger charge is 2.19. The lowest BCUT2D eigenvalue weighted by Crippen LogP contribution is -2.02. The van der Waals surface area contributed by atoms with Gasteiger partial charge in [-0.05, 0) is 78.7 Å². The molecule has 0 aliphatic rings. The molecule has 0 atom stereocenters. The van der Waals surface area contributed by atoms with Gasteiger partial charge in [0.1, 0.15) is 17.2 Å². The van der Waals surface area contributed by atoms with Crippen molar-refractivity contribution in [3.63, 3.8) is 0 Å². The number of hydrogen-bond acceptors (Lipinski definition) is 4. The number of rotatable bonds is 10. The van der Waals surface area contributed by atoms with Crippen LogP contribution in [0.3, 0.4) is 0 Å². The van der Waals surface area contributed by atoms with E-state index in [1.54, 1.807) is 55.6 Å². The fourth-order valence-corrected chi connectivity index (χ4v) is 7.22. The van der Waals surface area contributed by atoms with Gasteiger partial charge in [0.05, 0.1) is 16.9 Å². The van der Waals surface area contributed by atoms with Gasteiger partial charge in [0.2, 0.25) is 9.84 Å². The lowest BCUT2D eigenvalue weighted by Gasteiger charge is -2.18. The molecule has 4 aromatic carbocycles. The van der Waals surface area contributed by atoms with Crippen LogP contribution in [-0.4, -0.2) is 15.5 Å². The summed E-state index contributed by atoms with van der Waals surface area (Å²) in [6.07, 6.45) is 0. The van der Waals surface area contributed by atoms with Crippen LogP contribution < -0.4 is 9.47 Å². The quantitative estimate of drug-likeness (QED) is 0.150. The van der Waals surface area contributed by atoms with Crippen molar-refractivity contribution in [1.82, 2.24) is 0 Å². The minimum Gasteiger partial charge on any atom is -0.496 e. The minimum atomic E-state index is -3.61. The van der Waals surface area contributed by atoms with Crippen molar-refractivity contribution in [2.24, 2.45) is 0 Å². The molecule has 0 N–H and O–H groups in total. The highest BCUT2D eigenvalue weighted by Crippen LogP contribution is 2.39. The predicted octanol–water partition coefficient (Wildman–Crippen LogP) is 9.88. The summed E-state index contributed by atoms with van der Waals surface area (Å²) >= 11 is 14.4. The van der Waals surface area contributed by atoms with Crippen LogP contribution in [0.1, 0.15) is 27.8 Å². The molecular weight excluding hydrogens is 776 g/mol. The number of alkyl halides is 4. The van der Waals surface area contributed by atoms with Crippen molar-refractivity contribution in [1.29, 1.82) is 0 Å². The van der Waals surface area contributed by atoms with E-state index in [9.17, 15) is 8.42 Å². The molecule has 0 bridgehead atoms. The summed E-state index contributed by atoms with van der Waals surface area (Å²) in [5, 5.41) is 2.53. The summed E-state index contributed by atoms with van der Waals surface area (Å²) in [6, 6.07) is 21.9. The van der Waals surface area contributed by atoms with Gasteiger partial charge in [0, 0.05) is 43.6 Å². The Hall–Kier alpha value is -1.65. The standard InChI is InChI=1S/C30H26Br4O4S/c1-19-3-7-27(8-4-19)39(35,36)28-9-5-26(6-10-28)38-30-24(17-33)13-21(14-25(30)18-34)20-11-22(15-31)29(37-2)23(12-20)16-32/h3-14H,15-18H2,1-2H3. The molecule has 204 valence electrons. The molecular formula is C30H26Br4O4S. The molecule has 0 fully saturated rings. The van der Waals surface area contributed by atoms with E-state index in [1.165, 1.54) is 0 Å². The van der Waals surface area contributed by atoms with Gasteiger partial charge in [-0.15, -0.1) is 0 Å². The summed E-state index contributed by atoms with van der Waals surface area (Å²) in [4.78, 5) is 0.491. The van der Waals surface area contributed by atoms with Crippen LogP contribution in [0.25, 0.3) is 11.1 Å². The van der Waals surface area contributed by atoms with E-state index in [1.807, 2.05) is 6.92 Å². The van der Waals surface area contributed by atoms with Crippen LogP contribution >= 0.6 is 63.7 Å². The van der Waals surface area contributed by atoms with E-state index in [-0.39, 0.29) is 9.79 Å². The van der Waals surface area contributed by atoms with Crippen LogP contribution in [0.5, 0.6) is 17.2 Å². The molecule has 0 heterocycles. The highest BCUT2D eigenvalue weighted by atomic mass is 79.9. The molecule has 0 aliphatic carbocycles. The molecule has 4 nitrogen and oxygen atoms in total. The number of halogens is 4. The summed E-state index contributed by atoms with van der Waals surface area (Å²) in [7, 11) is -1.92. The number of methoxy groups -OCH3 is 1. The van der Waals surface area contributed by atoms with Crippen LogP contribution in [0.4, 0.5) is 0 Å². The Kier molecular flexibility index (Phi) is 10.4. The number of aryl methyl sites for hydroxylation is 1. The largest absolute Gasteiger partial charge is 0.496 e. The molecule has 4 aromatic rings. The third-order valence-electron chi connectivity index (χ3n) is 6.28. The van der Waals surface area contributed by atoms with Gasteiger partial charge in [0.15, 0.2) is 0 Å². The second kappa shape index (κ2) is 13.3. The van der Waals surface area contributed by atoms with E-state index in [0.29, 0.717) is 27.1 Å². The predicted molar refractivity (Wildman–Crippen MR) is 172 cm³/mol. The Balaban J connectivity index is 1.69. The van der Waals surface area contributed by atoms with Crippen molar-refractivity contribution in [3.8, 4) is 28.4 Å². The van der Waals surface area contributed by atoms with Crippen LogP contribution in [0.15, 0.2) is 82.6 Å². The van der Waals surface area contributed by atoms with Crippen LogP contribution in [0, 0.1) is 6.92 Å². The number of ether oxygens (including phenoxy) is 2. The fourth-order valence-electron chi connectivity index (χ4n) is 4.29. The number of benzene rings is 4. The molecule has 0 amide bonds. The first-order valence-corrected chi connectivity index (χ1v) is 17.9. The van der Waals surface area contributed by atoms with Crippen molar-refractivity contribution in [3.05, 3.63) is 101 Å². The first-order chi connectivity index (χ1) is 18.7. The summed E-state index contributed by atoms with van der Waals surface area (Å²) in [5.74, 6) is 2.17. The van der Waals surface area contributed by atoms with E-state index in [2.05, 4.69) is 88.0 Å². The van der Waals surface area contributed by atoms with Gasteiger partial charge in [-0.2, -0.15) is 0 Å². The average Bonchev–Trinajstić information content (AvgIpc) is 2.96. The van der Waals surface area contributed by atoms with Gasteiger partial charge in [-0.3, -0.25) is 0 Å². The molecule has 0 saturated carbocycles. The van der Waals surface area contributed by atoms with Crippen LogP contribution in [0.2, 0.25) is 0 Å². The summed E-state index contributed by atoms with van der Waals surface area (Å²) in [6.45, 7) is 1.93. The van der Waals surface area contributed by atoms with Gasteiger partial charge in [-0.1, -0.05) is 81.4 Å². The van der Waals surface area contributed by atoms with Crippen molar-refractivity contribution < 1.29 is 17.9 Å². The van der Waals surface area contributed by atoms with Gasteiger partial charge in [-0.25, -0.2) is 8.42 Å². The molecule has 9 heteroatoms. The SMILES string of the molecule is COc1c(CBr)cc(-c2cc(CBr)c(Oc3ccc(S(=O)(=O)c4ccc(C)cc4)cc3)c(CBr)c2)cc1CBr. The Morgan fingerprint density at radius 1 is 0.615 bits per heavy atom. The van der Waals surface area contributed by atoms with Gasteiger partial charge < -0.3 is 9.47 Å². The molecule has 39 heavy (non-hydrogen) atoms. The topological polar surface area (TPSA) is 52.6 Å². The average molecular weight is 802 g/mol. The Morgan fingerprint density at radius 2 is 1.00 bits per heavy atom. The maximum absolute atomic E-state index is 13.1. The Morgan fingerprint density at radius 3 is 1.38 bits per heavy atom. The monoisotopic (exact) mass is 798 g/mol. The first kappa shape index (κ1) is 30.3. The minimum absolute atomic E-state index is 0.222. The maximum atomic E-state index is 13.1. The van der Waals surface area contributed by atoms with E-state index >= 15 is 0 Å². The zero-order valence-corrected chi connectivity index (χ0v) is 28.5. The lowest BCUT2D eigenvalue weighted by molar-refractivity contribution is 0.408. The molecule has 0 aliphatic heterocycles. The van der Waals surface area contributed by atoms with Gasteiger partial charge >= 0.3 is 0 Å². The van der Waals surface area contributed by atoms with E-state index in [0.717, 1.165) is 50.4 Å². The number of hydrogen-bond donors (Lipinski definition) is 0. The van der Waals surface area contributed by atoms with Gasteiger partial charge in [0.25, 0.3) is 0 Å². The van der Waals surface area contributed by atoms with Crippen molar-refractivity contribution >= 4 is 73.6 Å². The van der Waals surface area contributed by atoms with E-state index < -0.39 is 9.84 Å². The maximum Gasteiger partial charge on any atom is 0.206 e. The van der Waals surface area contributed by atoms with Crippen molar-refractivity contribution in [2.75, 3.05) is 7.11 Å². The summed E-state index contributed by atoms with van der Waals surface area (Å²) in [5.41, 5.74) is 7.27.